The molecule has 0 fully saturated rings. The summed E-state index contributed by atoms with van der Waals surface area (Å²) in [4.78, 5) is 3.61. The molecule has 0 N–H and O–H groups in total. The highest BCUT2D eigenvalue weighted by Crippen LogP contribution is 2.18. The summed E-state index contributed by atoms with van der Waals surface area (Å²) in [6.45, 7) is 2.36. The van der Waals surface area contributed by atoms with Crippen molar-refractivity contribution in [1.29, 1.82) is 0 Å². The van der Waals surface area contributed by atoms with Crippen molar-refractivity contribution >= 4 is 23.1 Å². The van der Waals surface area contributed by atoms with Gasteiger partial charge in [0.1, 0.15) is 11.6 Å². The molecule has 0 aliphatic rings. The minimum Gasteiger partial charge on any atom is -0.493 e. The number of thioether (sulfide) groups is 1. The number of para-hydroxylation sites is 1. The normalized spacial score (nSPS) is 11.2. The first-order chi connectivity index (χ1) is 12.2. The summed E-state index contributed by atoms with van der Waals surface area (Å²) in [7, 11) is 4.13. The van der Waals surface area contributed by atoms with Gasteiger partial charge < -0.3 is 9.30 Å². The second kappa shape index (κ2) is 9.03. The van der Waals surface area contributed by atoms with Gasteiger partial charge in [0.2, 0.25) is 0 Å². The number of nitrogens with zero attached hydrogens (tertiary/aromatic N) is 4. The van der Waals surface area contributed by atoms with Gasteiger partial charge in [-0.05, 0) is 30.6 Å². The molecular weight excluding hydrogens is 352 g/mol. The molecule has 3 rings (SSSR count). The van der Waals surface area contributed by atoms with E-state index in [2.05, 4.69) is 44.2 Å². The van der Waals surface area contributed by atoms with Gasteiger partial charge in [-0.25, -0.2) is 0 Å². The number of ether oxygens (including phenoxy) is 1. The van der Waals surface area contributed by atoms with Crippen LogP contribution in [0.3, 0.4) is 0 Å². The Morgan fingerprint density at radius 3 is 2.72 bits per heavy atom. The maximum absolute atomic E-state index is 5.71. The van der Waals surface area contributed by atoms with Crippen LogP contribution in [-0.4, -0.2) is 39.1 Å². The molecule has 0 saturated carbocycles. The second-order valence-electron chi connectivity index (χ2n) is 5.72. The monoisotopic (exact) mass is 374 g/mol. The molecule has 1 aromatic carbocycles. The third-order valence-corrected chi connectivity index (χ3v) is 5.51. The lowest BCUT2D eigenvalue weighted by atomic mass is 10.3. The molecule has 0 saturated heterocycles. The molecule has 0 unspecified atom stereocenters. The Bertz CT molecular complexity index is 759. The van der Waals surface area contributed by atoms with Crippen LogP contribution < -0.4 is 4.74 Å². The summed E-state index contributed by atoms with van der Waals surface area (Å²) < 4.78 is 7.78. The van der Waals surface area contributed by atoms with E-state index in [1.54, 1.807) is 23.1 Å². The SMILES string of the molecule is CN(Cc1cccs1)Cc1nnc(SCCOc2ccccc2)n1C. The van der Waals surface area contributed by atoms with Gasteiger partial charge in [0.15, 0.2) is 5.16 Å². The lowest BCUT2D eigenvalue weighted by Crippen LogP contribution is -2.19. The van der Waals surface area contributed by atoms with Crippen molar-refractivity contribution in [2.75, 3.05) is 19.4 Å². The Hall–Kier alpha value is -1.83. The fourth-order valence-electron chi connectivity index (χ4n) is 2.38. The molecule has 0 radical (unpaired) electrons. The molecule has 132 valence electrons. The maximum Gasteiger partial charge on any atom is 0.191 e. The van der Waals surface area contributed by atoms with Gasteiger partial charge >= 0.3 is 0 Å². The molecule has 25 heavy (non-hydrogen) atoms. The molecule has 2 heterocycles. The number of benzene rings is 1. The summed E-state index contributed by atoms with van der Waals surface area (Å²) in [5, 5.41) is 11.7. The molecule has 7 heteroatoms. The van der Waals surface area contributed by atoms with E-state index in [4.69, 9.17) is 4.74 Å². The minimum atomic E-state index is 0.648. The van der Waals surface area contributed by atoms with E-state index >= 15 is 0 Å². The van der Waals surface area contributed by atoms with Gasteiger partial charge in [-0.3, -0.25) is 4.90 Å². The zero-order valence-corrected chi connectivity index (χ0v) is 16.1. The summed E-state index contributed by atoms with van der Waals surface area (Å²) in [6, 6.07) is 14.1. The summed E-state index contributed by atoms with van der Waals surface area (Å²) in [5.74, 6) is 2.72. The van der Waals surface area contributed by atoms with Gasteiger partial charge in [-0.2, -0.15) is 0 Å². The zero-order chi connectivity index (χ0) is 17.5. The van der Waals surface area contributed by atoms with Crippen molar-refractivity contribution in [2.24, 2.45) is 7.05 Å². The number of hydrogen-bond acceptors (Lipinski definition) is 6. The van der Waals surface area contributed by atoms with E-state index in [1.165, 1.54) is 4.88 Å². The van der Waals surface area contributed by atoms with Crippen molar-refractivity contribution in [3.8, 4) is 5.75 Å². The average Bonchev–Trinajstić information content (AvgIpc) is 3.24. The van der Waals surface area contributed by atoms with Crippen molar-refractivity contribution < 1.29 is 4.74 Å². The Balaban J connectivity index is 1.45. The molecule has 0 aliphatic carbocycles. The van der Waals surface area contributed by atoms with Crippen molar-refractivity contribution in [1.82, 2.24) is 19.7 Å². The number of rotatable bonds is 9. The summed E-state index contributed by atoms with van der Waals surface area (Å²) in [6.07, 6.45) is 0. The zero-order valence-electron chi connectivity index (χ0n) is 14.5. The van der Waals surface area contributed by atoms with Crippen molar-refractivity contribution in [3.05, 3.63) is 58.5 Å². The van der Waals surface area contributed by atoms with Crippen LogP contribution in [0.5, 0.6) is 5.75 Å². The standard InChI is InChI=1S/C18H22N4OS2/c1-21(13-16-9-6-11-24-16)14-17-19-20-18(22(17)2)25-12-10-23-15-7-4-3-5-8-15/h3-9,11H,10,12-14H2,1-2H3. The van der Waals surface area contributed by atoms with Gasteiger partial charge in [-0.1, -0.05) is 36.0 Å². The maximum atomic E-state index is 5.71. The molecule has 2 aromatic heterocycles. The Morgan fingerprint density at radius 1 is 1.12 bits per heavy atom. The smallest absolute Gasteiger partial charge is 0.191 e. The molecule has 0 atom stereocenters. The lowest BCUT2D eigenvalue weighted by Gasteiger charge is -2.14. The highest BCUT2D eigenvalue weighted by molar-refractivity contribution is 7.99. The van der Waals surface area contributed by atoms with Crippen LogP contribution in [0.4, 0.5) is 0 Å². The molecule has 0 amide bonds. The third-order valence-electron chi connectivity index (χ3n) is 3.67. The summed E-state index contributed by atoms with van der Waals surface area (Å²) in [5.41, 5.74) is 0. The molecule has 0 spiro atoms. The van der Waals surface area contributed by atoms with E-state index in [9.17, 15) is 0 Å². The van der Waals surface area contributed by atoms with E-state index in [0.717, 1.165) is 35.6 Å². The van der Waals surface area contributed by atoms with Crippen LogP contribution in [-0.2, 0) is 20.1 Å². The predicted octanol–water partition coefficient (Wildman–Crippen LogP) is 3.68. The Labute approximate surface area is 156 Å². The Morgan fingerprint density at radius 2 is 1.96 bits per heavy atom. The fourth-order valence-corrected chi connectivity index (χ4v) is 3.91. The van der Waals surface area contributed by atoms with Gasteiger partial charge in [-0.15, -0.1) is 21.5 Å². The van der Waals surface area contributed by atoms with Crippen LogP contribution in [0, 0.1) is 0 Å². The topological polar surface area (TPSA) is 43.2 Å². The minimum absolute atomic E-state index is 0.648. The first kappa shape index (κ1) is 18.0. The van der Waals surface area contributed by atoms with Crippen LogP contribution >= 0.6 is 23.1 Å². The fraction of sp³-hybridized carbons (Fsp3) is 0.333. The third kappa shape index (κ3) is 5.32. The van der Waals surface area contributed by atoms with E-state index < -0.39 is 0 Å². The average molecular weight is 375 g/mol. The Kier molecular flexibility index (Phi) is 6.49. The number of aromatic nitrogens is 3. The summed E-state index contributed by atoms with van der Waals surface area (Å²) >= 11 is 3.45. The van der Waals surface area contributed by atoms with Crippen molar-refractivity contribution in [2.45, 2.75) is 18.2 Å². The van der Waals surface area contributed by atoms with Crippen LogP contribution in [0.25, 0.3) is 0 Å². The van der Waals surface area contributed by atoms with Gasteiger partial charge in [0, 0.05) is 24.2 Å². The first-order valence-corrected chi connectivity index (χ1v) is 9.99. The second-order valence-corrected chi connectivity index (χ2v) is 7.81. The van der Waals surface area contributed by atoms with Crippen LogP contribution in [0.15, 0.2) is 53.0 Å². The lowest BCUT2D eigenvalue weighted by molar-refractivity contribution is 0.308. The largest absolute Gasteiger partial charge is 0.493 e. The number of hydrogen-bond donors (Lipinski definition) is 0. The number of thiophene rings is 1. The van der Waals surface area contributed by atoms with E-state index in [0.29, 0.717) is 6.61 Å². The molecule has 0 aliphatic heterocycles. The highest BCUT2D eigenvalue weighted by atomic mass is 32.2. The highest BCUT2D eigenvalue weighted by Gasteiger charge is 2.12. The van der Waals surface area contributed by atoms with E-state index in [-0.39, 0.29) is 0 Å². The van der Waals surface area contributed by atoms with E-state index in [1.807, 2.05) is 37.4 Å². The van der Waals surface area contributed by atoms with Gasteiger partial charge in [0.25, 0.3) is 0 Å². The van der Waals surface area contributed by atoms with Crippen LogP contribution in [0.2, 0.25) is 0 Å². The predicted molar refractivity (Wildman–Crippen MR) is 103 cm³/mol. The quantitative estimate of drug-likeness (QED) is 0.422. The van der Waals surface area contributed by atoms with Crippen LogP contribution in [0.1, 0.15) is 10.7 Å². The molecule has 5 nitrogen and oxygen atoms in total. The van der Waals surface area contributed by atoms with Gasteiger partial charge in [0.05, 0.1) is 13.2 Å². The first-order valence-electron chi connectivity index (χ1n) is 8.12. The van der Waals surface area contributed by atoms with Crippen molar-refractivity contribution in [3.63, 3.8) is 0 Å². The molecule has 0 bridgehead atoms. The molecule has 3 aromatic rings. The molecular formula is C18H22N4OS2.